The molecule has 3 heteroatoms. The molecule has 0 N–H and O–H groups in total. The van der Waals surface area contributed by atoms with E-state index >= 15 is 0 Å². The van der Waals surface area contributed by atoms with E-state index in [1.165, 1.54) is 10.8 Å². The van der Waals surface area contributed by atoms with Crippen molar-refractivity contribution in [2.45, 2.75) is 6.61 Å². The van der Waals surface area contributed by atoms with Crippen LogP contribution in [0.2, 0.25) is 0 Å². The zero-order valence-corrected chi connectivity index (χ0v) is 16.2. The molecule has 142 valence electrons. The average molecular weight is 386 g/mol. The van der Waals surface area contributed by atoms with Crippen molar-refractivity contribution in [1.82, 2.24) is 0 Å². The lowest BCUT2D eigenvalue weighted by Gasteiger charge is -2.12. The summed E-state index contributed by atoms with van der Waals surface area (Å²) in [7, 11) is 0. The fraction of sp³-hybridized carbons (Fsp3) is 0.0370. The number of hydrogen-bond acceptors (Lipinski definition) is 3. The van der Waals surface area contributed by atoms with Gasteiger partial charge in [0, 0.05) is 5.56 Å². The van der Waals surface area contributed by atoms with Gasteiger partial charge in [0.2, 0.25) is 0 Å². The highest BCUT2D eigenvalue weighted by atomic mass is 16.5. The third-order valence-electron chi connectivity index (χ3n) is 4.93. The Morgan fingerprint density at radius 3 is 2.33 bits per heavy atom. The summed E-state index contributed by atoms with van der Waals surface area (Å²) in [5.41, 5.74) is 3.79. The summed E-state index contributed by atoms with van der Waals surface area (Å²) >= 11 is 0. The zero-order valence-electron chi connectivity index (χ0n) is 16.2. The van der Waals surface area contributed by atoms with Gasteiger partial charge in [0.25, 0.3) is 0 Å². The molecule has 3 nitrogen and oxygen atoms in total. The van der Waals surface area contributed by atoms with Gasteiger partial charge in [-0.1, -0.05) is 72.8 Å². The lowest BCUT2D eigenvalue weighted by Crippen LogP contribution is -1.98. The number of fused-ring (bicyclic) bond motifs is 1. The van der Waals surface area contributed by atoms with Crippen LogP contribution in [-0.4, -0.2) is 0 Å². The van der Waals surface area contributed by atoms with Gasteiger partial charge in [0.15, 0.2) is 0 Å². The van der Waals surface area contributed by atoms with E-state index in [4.69, 9.17) is 10.00 Å². The predicted molar refractivity (Wildman–Crippen MR) is 119 cm³/mol. The molecule has 0 heterocycles. The molecule has 0 amide bonds. The lowest BCUT2D eigenvalue weighted by atomic mass is 10.0. The minimum Gasteiger partial charge on any atom is -0.488 e. The van der Waals surface area contributed by atoms with Crippen molar-refractivity contribution in [2.24, 2.45) is 0 Å². The first-order chi connectivity index (χ1) is 14.8. The number of benzene rings is 4. The Hall–Kier alpha value is -4.34. The van der Waals surface area contributed by atoms with Crippen molar-refractivity contribution in [3.63, 3.8) is 0 Å². The van der Waals surface area contributed by atoms with Crippen LogP contribution in [0.1, 0.15) is 22.3 Å². The second-order valence-corrected chi connectivity index (χ2v) is 6.82. The molecular weight excluding hydrogens is 368 g/mol. The average Bonchev–Trinajstić information content (AvgIpc) is 2.82. The summed E-state index contributed by atoms with van der Waals surface area (Å²) < 4.78 is 6.15. The summed E-state index contributed by atoms with van der Waals surface area (Å²) in [5.74, 6) is 0.715. The van der Waals surface area contributed by atoms with E-state index < -0.39 is 0 Å². The zero-order chi connectivity index (χ0) is 20.8. The third-order valence-corrected chi connectivity index (χ3v) is 4.93. The van der Waals surface area contributed by atoms with Gasteiger partial charge in [-0.25, -0.2) is 0 Å². The molecule has 4 aromatic carbocycles. The van der Waals surface area contributed by atoms with E-state index in [0.717, 1.165) is 16.7 Å². The minimum absolute atomic E-state index is 0.435. The maximum absolute atomic E-state index is 9.66. The Kier molecular flexibility index (Phi) is 5.56. The highest BCUT2D eigenvalue weighted by Gasteiger charge is 2.07. The first-order valence-corrected chi connectivity index (χ1v) is 9.59. The highest BCUT2D eigenvalue weighted by molar-refractivity contribution is 5.90. The Balaban J connectivity index is 1.62. The number of rotatable bonds is 5. The Morgan fingerprint density at radius 1 is 0.800 bits per heavy atom. The van der Waals surface area contributed by atoms with Gasteiger partial charge in [0.05, 0.1) is 23.3 Å². The second-order valence-electron chi connectivity index (χ2n) is 6.82. The van der Waals surface area contributed by atoms with Crippen LogP contribution >= 0.6 is 0 Å². The minimum atomic E-state index is 0.435. The molecule has 4 aromatic rings. The Morgan fingerprint density at radius 2 is 1.53 bits per heavy atom. The van der Waals surface area contributed by atoms with Crippen molar-refractivity contribution in [2.75, 3.05) is 0 Å². The van der Waals surface area contributed by atoms with Gasteiger partial charge >= 0.3 is 0 Å². The number of allylic oxidation sites excluding steroid dienone is 1. The van der Waals surface area contributed by atoms with Crippen LogP contribution in [-0.2, 0) is 6.61 Å². The maximum atomic E-state index is 9.66. The van der Waals surface area contributed by atoms with Crippen molar-refractivity contribution < 1.29 is 4.74 Å². The van der Waals surface area contributed by atoms with Crippen LogP contribution in [0.25, 0.3) is 22.4 Å². The van der Waals surface area contributed by atoms with Crippen LogP contribution in [0, 0.1) is 22.7 Å². The smallest absolute Gasteiger partial charge is 0.127 e. The maximum Gasteiger partial charge on any atom is 0.127 e. The monoisotopic (exact) mass is 386 g/mol. The van der Waals surface area contributed by atoms with Crippen LogP contribution in [0.15, 0.2) is 91.0 Å². The van der Waals surface area contributed by atoms with E-state index in [-0.39, 0.29) is 0 Å². The van der Waals surface area contributed by atoms with Crippen LogP contribution in [0.5, 0.6) is 5.75 Å². The molecule has 0 spiro atoms. The molecular formula is C27H18N2O. The third kappa shape index (κ3) is 4.07. The summed E-state index contributed by atoms with van der Waals surface area (Å²) in [6.45, 7) is 0.435. The highest BCUT2D eigenvalue weighted by Crippen LogP contribution is 2.27. The topological polar surface area (TPSA) is 56.8 Å². The van der Waals surface area contributed by atoms with Crippen molar-refractivity contribution >= 4 is 22.4 Å². The van der Waals surface area contributed by atoms with E-state index in [1.54, 1.807) is 24.3 Å². The van der Waals surface area contributed by atoms with Crippen LogP contribution in [0.3, 0.4) is 0 Å². The molecule has 4 rings (SSSR count). The van der Waals surface area contributed by atoms with Gasteiger partial charge in [-0.05, 0) is 46.2 Å². The molecule has 0 fully saturated rings. The molecule has 0 aromatic heterocycles. The number of nitrogens with zero attached hydrogens (tertiary/aromatic N) is 2. The standard InChI is InChI=1S/C27H18N2O/c28-17-20-12-14-21(15-13-20)25(18-29)16-23-7-2-4-11-27(23)30-19-24-9-5-8-22-6-1-3-10-26(22)24/h1-16H,19H2/b25-16-. The molecule has 0 radical (unpaired) electrons. The van der Waals surface area contributed by atoms with Crippen LogP contribution < -0.4 is 4.74 Å². The summed E-state index contributed by atoms with van der Waals surface area (Å²) in [6, 6.07) is 33.4. The van der Waals surface area contributed by atoms with Crippen molar-refractivity contribution in [3.05, 3.63) is 113 Å². The Bertz CT molecular complexity index is 1300. The van der Waals surface area contributed by atoms with Crippen molar-refractivity contribution in [3.8, 4) is 17.9 Å². The SMILES string of the molecule is N#C/C(=C/c1ccccc1OCc1cccc2ccccc12)c1ccc(C#N)cc1. The summed E-state index contributed by atoms with van der Waals surface area (Å²) in [6.07, 6.45) is 1.82. The molecule has 0 saturated carbocycles. The molecule has 0 saturated heterocycles. The van der Waals surface area contributed by atoms with Gasteiger partial charge < -0.3 is 4.74 Å². The van der Waals surface area contributed by atoms with Gasteiger partial charge in [-0.15, -0.1) is 0 Å². The number of para-hydroxylation sites is 1. The van der Waals surface area contributed by atoms with E-state index in [1.807, 2.05) is 48.5 Å². The molecule has 30 heavy (non-hydrogen) atoms. The second kappa shape index (κ2) is 8.78. The molecule has 0 atom stereocenters. The molecule has 0 bridgehead atoms. The van der Waals surface area contributed by atoms with E-state index in [0.29, 0.717) is 23.5 Å². The van der Waals surface area contributed by atoms with E-state index in [2.05, 4.69) is 36.4 Å². The summed E-state index contributed by atoms with van der Waals surface area (Å²) in [4.78, 5) is 0. The van der Waals surface area contributed by atoms with Crippen LogP contribution in [0.4, 0.5) is 0 Å². The van der Waals surface area contributed by atoms with E-state index in [9.17, 15) is 5.26 Å². The lowest BCUT2D eigenvalue weighted by molar-refractivity contribution is 0.307. The fourth-order valence-corrected chi connectivity index (χ4v) is 3.37. The number of hydrogen-bond donors (Lipinski definition) is 0. The largest absolute Gasteiger partial charge is 0.488 e. The molecule has 0 aliphatic rings. The predicted octanol–water partition coefficient (Wildman–Crippen LogP) is 6.35. The first kappa shape index (κ1) is 19.0. The molecule has 0 aliphatic heterocycles. The molecule has 0 unspecified atom stereocenters. The fourth-order valence-electron chi connectivity index (χ4n) is 3.37. The quantitative estimate of drug-likeness (QED) is 0.296. The number of nitriles is 2. The summed E-state index contributed by atoms with van der Waals surface area (Å²) in [5, 5.41) is 21.0. The molecule has 0 aliphatic carbocycles. The number of ether oxygens (including phenoxy) is 1. The van der Waals surface area contributed by atoms with Gasteiger partial charge in [-0.2, -0.15) is 10.5 Å². The van der Waals surface area contributed by atoms with Gasteiger partial charge in [0.1, 0.15) is 12.4 Å². The normalized spacial score (nSPS) is 10.9. The first-order valence-electron chi connectivity index (χ1n) is 9.59. The Labute approximate surface area is 175 Å². The van der Waals surface area contributed by atoms with Gasteiger partial charge in [-0.3, -0.25) is 0 Å². The van der Waals surface area contributed by atoms with Crippen molar-refractivity contribution in [1.29, 1.82) is 10.5 Å².